The van der Waals surface area contributed by atoms with Crippen LogP contribution in [-0.2, 0) is 45.0 Å². The first-order chi connectivity index (χ1) is 3.73. The van der Waals surface area contributed by atoms with Crippen molar-refractivity contribution in [2.45, 2.75) is 0 Å². The summed E-state index contributed by atoms with van der Waals surface area (Å²) in [5.74, 6) is 0. The standard InChI is InChI=1S/Mo.H3O4P.HO3S/c;1-5(2,3)4;1-4(2)3/h;(H3,1,2,3,4);(H,1,2,3)/q+4;;-1/p-3. The minimum Gasteiger partial charge on any atom is -0.822 e. The van der Waals surface area contributed by atoms with E-state index in [0.29, 0.717) is 0 Å². The van der Waals surface area contributed by atoms with Gasteiger partial charge in [0, 0.05) is 11.0 Å². The third-order valence-electron chi connectivity index (χ3n) is 0. The monoisotopic (exact) mass is 274 g/mol. The third kappa shape index (κ3) is 1030. The van der Waals surface area contributed by atoms with Crippen LogP contribution in [0, 0.1) is 0 Å². The van der Waals surface area contributed by atoms with E-state index in [1.54, 1.807) is 0 Å². The molecule has 0 saturated heterocycles. The first-order valence-electron chi connectivity index (χ1n) is 1.25. The van der Waals surface area contributed by atoms with Crippen LogP contribution in [0.4, 0.5) is 0 Å². The number of hydrogen-bond acceptors (Lipinski definition) is 7. The van der Waals surface area contributed by atoms with Gasteiger partial charge in [-0.05, 0) is 0 Å². The Labute approximate surface area is 72.4 Å². The molecule has 0 aliphatic carbocycles. The second kappa shape index (κ2) is 7.81. The molecule has 0 amide bonds. The fraction of sp³-hybridized carbons (Fsp3) is 0. The molecule has 0 heterocycles. The van der Waals surface area contributed by atoms with E-state index in [0.717, 1.165) is 0 Å². The van der Waals surface area contributed by atoms with Gasteiger partial charge in [0.05, 0.1) is 0 Å². The molecule has 0 aromatic carbocycles. The topological polar surface area (TPSA) is 141 Å². The molecule has 0 unspecified atom stereocenters. The number of hydrogen-bond donors (Lipinski definition) is 1. The summed E-state index contributed by atoms with van der Waals surface area (Å²) in [4.78, 5) is 25.6. The molecule has 0 aromatic heterocycles. The van der Waals surface area contributed by atoms with Crippen LogP contribution in [0.5, 0.6) is 0 Å². The molecule has 0 spiro atoms. The molecule has 0 bridgehead atoms. The van der Waals surface area contributed by atoms with Gasteiger partial charge < -0.3 is 32.2 Å². The summed E-state index contributed by atoms with van der Waals surface area (Å²) in [5, 5.41) is 0. The molecule has 0 atom stereocenters. The second-order valence-electron chi connectivity index (χ2n) is 0.664. The van der Waals surface area contributed by atoms with E-state index >= 15 is 0 Å². The SMILES string of the molecule is O=P([O-])([O-])[O-].O=[S-](=O)O.[Mo+4]. The molecule has 0 rings (SSSR count). The van der Waals surface area contributed by atoms with Gasteiger partial charge in [0.1, 0.15) is 0 Å². The van der Waals surface area contributed by atoms with Crippen molar-refractivity contribution in [1.29, 1.82) is 0 Å². The number of phosphoric acid groups is 1. The minimum atomic E-state index is -5.39. The molecule has 10 heteroatoms. The first kappa shape index (κ1) is 17.0. The maximum atomic E-state index is 8.56. The Morgan fingerprint density at radius 1 is 1.20 bits per heavy atom. The van der Waals surface area contributed by atoms with Crippen LogP contribution in [0.2, 0.25) is 0 Å². The molecule has 0 aliphatic rings. The van der Waals surface area contributed by atoms with Gasteiger partial charge >= 0.3 is 21.1 Å². The van der Waals surface area contributed by atoms with Crippen LogP contribution < -0.4 is 14.7 Å². The Morgan fingerprint density at radius 2 is 1.20 bits per heavy atom. The summed E-state index contributed by atoms with van der Waals surface area (Å²) in [6.45, 7) is 0. The summed E-state index contributed by atoms with van der Waals surface area (Å²) in [6, 6.07) is 0. The van der Waals surface area contributed by atoms with E-state index in [1.165, 1.54) is 0 Å². The van der Waals surface area contributed by atoms with Crippen molar-refractivity contribution < 1.29 is 53.3 Å². The zero-order valence-electron chi connectivity index (χ0n) is 4.16. The zero-order valence-corrected chi connectivity index (χ0v) is 7.88. The van der Waals surface area contributed by atoms with Crippen LogP contribution in [-0.4, -0.2) is 4.55 Å². The van der Waals surface area contributed by atoms with E-state index in [1.807, 2.05) is 0 Å². The average Bonchev–Trinajstić information content (AvgIpc) is 1.19. The van der Waals surface area contributed by atoms with Crippen LogP contribution in [0.25, 0.3) is 0 Å². The summed E-state index contributed by atoms with van der Waals surface area (Å²) in [7, 11) is -8.25. The maximum Gasteiger partial charge on any atom is 4.00 e. The molecule has 1 N–H and O–H groups in total. The molecular formula is HMoO7PS. The largest absolute Gasteiger partial charge is 4.00 e. The van der Waals surface area contributed by atoms with Gasteiger partial charge in [-0.3, -0.25) is 0 Å². The second-order valence-corrected chi connectivity index (χ2v) is 1.99. The van der Waals surface area contributed by atoms with E-state index in [9.17, 15) is 0 Å². The van der Waals surface area contributed by atoms with Crippen LogP contribution >= 0.6 is 7.82 Å². The Hall–Kier alpha value is 0.708. The van der Waals surface area contributed by atoms with E-state index in [-0.39, 0.29) is 21.1 Å². The van der Waals surface area contributed by atoms with Crippen molar-refractivity contribution in [2.24, 2.45) is 0 Å². The molecule has 0 saturated carbocycles. The van der Waals surface area contributed by atoms with Gasteiger partial charge in [0.2, 0.25) is 0 Å². The summed E-state index contributed by atoms with van der Waals surface area (Å²) >= 11 is 0. The molecule has 10 heavy (non-hydrogen) atoms. The summed E-state index contributed by atoms with van der Waals surface area (Å²) < 4.78 is 32.6. The van der Waals surface area contributed by atoms with Crippen LogP contribution in [0.15, 0.2) is 0 Å². The zero-order chi connectivity index (χ0) is 8.08. The molecule has 0 aliphatic heterocycles. The van der Waals surface area contributed by atoms with Crippen LogP contribution in [0.3, 0.4) is 0 Å². The number of rotatable bonds is 0. The van der Waals surface area contributed by atoms with Crippen molar-refractivity contribution in [3.8, 4) is 0 Å². The van der Waals surface area contributed by atoms with Gasteiger partial charge in [-0.15, -0.1) is 0 Å². The van der Waals surface area contributed by atoms with Gasteiger partial charge in [-0.25, -0.2) is 0 Å². The Morgan fingerprint density at radius 3 is 1.20 bits per heavy atom. The van der Waals surface area contributed by atoms with Crippen molar-refractivity contribution in [3.63, 3.8) is 0 Å². The van der Waals surface area contributed by atoms with Crippen molar-refractivity contribution in [1.82, 2.24) is 0 Å². The van der Waals surface area contributed by atoms with Gasteiger partial charge in [-0.2, -0.15) is 7.82 Å². The normalized spacial score (nSPS) is 9.30. The predicted octanol–water partition coefficient (Wildman–Crippen LogP) is -3.06. The van der Waals surface area contributed by atoms with Crippen LogP contribution in [0.1, 0.15) is 0 Å². The van der Waals surface area contributed by atoms with Gasteiger partial charge in [-0.1, -0.05) is 0 Å². The van der Waals surface area contributed by atoms with E-state index < -0.39 is 18.8 Å². The fourth-order valence-corrected chi connectivity index (χ4v) is 0. The fourth-order valence-electron chi connectivity index (χ4n) is 0. The molecule has 0 radical (unpaired) electrons. The van der Waals surface area contributed by atoms with Crippen molar-refractivity contribution in [2.75, 3.05) is 0 Å². The summed E-state index contributed by atoms with van der Waals surface area (Å²) in [5.41, 5.74) is 0. The molecule has 0 fully saturated rings. The Kier molecular flexibility index (Phi) is 13.3. The Balaban J connectivity index is -0.0000000910. The minimum absolute atomic E-state index is 0. The third-order valence-corrected chi connectivity index (χ3v) is 0. The molecule has 0 aromatic rings. The molecule has 7 nitrogen and oxygen atoms in total. The first-order valence-corrected chi connectivity index (χ1v) is 3.74. The van der Waals surface area contributed by atoms with Gasteiger partial charge in [0.25, 0.3) is 0 Å². The summed E-state index contributed by atoms with van der Waals surface area (Å²) in [6.07, 6.45) is 0. The molecular weight excluding hydrogens is 271 g/mol. The van der Waals surface area contributed by atoms with E-state index in [4.69, 9.17) is 32.2 Å². The van der Waals surface area contributed by atoms with Crippen molar-refractivity contribution in [3.05, 3.63) is 0 Å². The molecule has 60 valence electrons. The quantitative estimate of drug-likeness (QED) is 0.162. The average molecular weight is 272 g/mol. The van der Waals surface area contributed by atoms with E-state index in [2.05, 4.69) is 0 Å². The maximum absolute atomic E-state index is 8.56. The van der Waals surface area contributed by atoms with Gasteiger partial charge in [0.15, 0.2) is 0 Å². The predicted molar refractivity (Wildman–Crippen MR) is 19.0 cm³/mol. The smallest absolute Gasteiger partial charge is 0.822 e. The van der Waals surface area contributed by atoms with Crippen molar-refractivity contribution >= 4 is 18.8 Å². The Bertz CT molecular complexity index is 148.